The van der Waals surface area contributed by atoms with Crippen LogP contribution >= 0.6 is 0 Å². The third-order valence-corrected chi connectivity index (χ3v) is 1.86. The van der Waals surface area contributed by atoms with Crippen LogP contribution in [0.4, 0.5) is 10.5 Å². The maximum atomic E-state index is 10.4. The van der Waals surface area contributed by atoms with Crippen molar-refractivity contribution in [2.45, 2.75) is 0 Å². The number of rotatable bonds is 1. The molecule has 70 valence electrons. The molecule has 0 fully saturated rings. The number of carboxylic acid groups (broad SMARTS) is 1. The number of hydrogen-bond donors (Lipinski definition) is 2. The Labute approximate surface area is 80.2 Å². The minimum atomic E-state index is -1.07. The van der Waals surface area contributed by atoms with Gasteiger partial charge in [0.15, 0.2) is 0 Å². The summed E-state index contributed by atoms with van der Waals surface area (Å²) in [5, 5.41) is 11.8. The highest BCUT2D eigenvalue weighted by molar-refractivity contribution is 5.88. The molecule has 0 saturated carbocycles. The van der Waals surface area contributed by atoms with Crippen molar-refractivity contribution in [3.63, 3.8) is 0 Å². The van der Waals surface area contributed by atoms with Gasteiger partial charge in [0.05, 0.1) is 5.52 Å². The quantitative estimate of drug-likeness (QED) is 0.721. The van der Waals surface area contributed by atoms with Crippen molar-refractivity contribution in [3.05, 3.63) is 36.5 Å². The van der Waals surface area contributed by atoms with Crippen molar-refractivity contribution in [2.24, 2.45) is 0 Å². The van der Waals surface area contributed by atoms with Crippen molar-refractivity contribution < 1.29 is 9.90 Å². The topological polar surface area (TPSA) is 62.2 Å². The highest BCUT2D eigenvalue weighted by Gasteiger charge is 1.99. The summed E-state index contributed by atoms with van der Waals surface area (Å²) in [6.45, 7) is 0. The molecule has 1 amide bonds. The molecular weight excluding hydrogens is 180 g/mol. The summed E-state index contributed by atoms with van der Waals surface area (Å²) in [5.74, 6) is 0. The first kappa shape index (κ1) is 8.50. The Balaban J connectivity index is 2.46. The number of nitrogens with zero attached hydrogens (tertiary/aromatic N) is 1. The lowest BCUT2D eigenvalue weighted by atomic mass is 10.2. The van der Waals surface area contributed by atoms with E-state index in [2.05, 4.69) is 10.3 Å². The molecule has 1 aromatic carbocycles. The smallest absolute Gasteiger partial charge is 0.409 e. The first-order chi connectivity index (χ1) is 6.75. The molecule has 2 N–H and O–H groups in total. The lowest BCUT2D eigenvalue weighted by molar-refractivity contribution is 0.210. The Morgan fingerprint density at radius 2 is 2.21 bits per heavy atom. The summed E-state index contributed by atoms with van der Waals surface area (Å²) >= 11 is 0. The number of carbonyl (C=O) groups is 1. The van der Waals surface area contributed by atoms with Crippen LogP contribution in [-0.2, 0) is 0 Å². The minimum absolute atomic E-state index is 0.531. The van der Waals surface area contributed by atoms with E-state index in [4.69, 9.17) is 5.11 Å². The molecule has 4 nitrogen and oxygen atoms in total. The molecule has 1 aromatic heterocycles. The molecule has 2 aromatic rings. The zero-order valence-corrected chi connectivity index (χ0v) is 7.27. The summed E-state index contributed by atoms with van der Waals surface area (Å²) in [7, 11) is 0. The number of amides is 1. The van der Waals surface area contributed by atoms with Crippen molar-refractivity contribution in [3.8, 4) is 0 Å². The van der Waals surface area contributed by atoms with Crippen molar-refractivity contribution in [1.29, 1.82) is 0 Å². The average Bonchev–Trinajstić information content (AvgIpc) is 2.17. The van der Waals surface area contributed by atoms with E-state index in [1.165, 1.54) is 0 Å². The van der Waals surface area contributed by atoms with E-state index in [1.54, 1.807) is 18.3 Å². The average molecular weight is 188 g/mol. The summed E-state index contributed by atoms with van der Waals surface area (Å²) in [5.41, 5.74) is 1.31. The van der Waals surface area contributed by atoms with Gasteiger partial charge in [0.1, 0.15) is 0 Å². The molecule has 0 spiro atoms. The molecule has 0 aliphatic heterocycles. The summed E-state index contributed by atoms with van der Waals surface area (Å²) in [6, 6.07) is 8.99. The third-order valence-electron chi connectivity index (χ3n) is 1.86. The number of benzene rings is 1. The molecule has 4 heteroatoms. The van der Waals surface area contributed by atoms with Gasteiger partial charge in [-0.2, -0.15) is 0 Å². The SMILES string of the molecule is O=C(O)Nc1ccc2cccnc2c1. The van der Waals surface area contributed by atoms with Crippen LogP contribution in [0, 0.1) is 0 Å². The number of fused-ring (bicyclic) bond motifs is 1. The van der Waals surface area contributed by atoms with Crippen LogP contribution < -0.4 is 5.32 Å². The van der Waals surface area contributed by atoms with Gasteiger partial charge in [-0.05, 0) is 18.2 Å². The predicted molar refractivity (Wildman–Crippen MR) is 53.4 cm³/mol. The highest BCUT2D eigenvalue weighted by Crippen LogP contribution is 2.16. The molecule has 0 bridgehead atoms. The van der Waals surface area contributed by atoms with Gasteiger partial charge >= 0.3 is 6.09 Å². The molecule has 0 saturated heterocycles. The number of aromatic nitrogens is 1. The fraction of sp³-hybridized carbons (Fsp3) is 0. The third kappa shape index (κ3) is 1.64. The van der Waals surface area contributed by atoms with Crippen molar-refractivity contribution >= 4 is 22.7 Å². The standard InChI is InChI=1S/C10H8N2O2/c13-10(14)12-8-4-3-7-2-1-5-11-9(7)6-8/h1-6,12H,(H,13,14). The molecule has 0 aliphatic rings. The zero-order chi connectivity index (χ0) is 9.97. The monoisotopic (exact) mass is 188 g/mol. The molecule has 0 unspecified atom stereocenters. The number of nitrogens with one attached hydrogen (secondary N) is 1. The Bertz CT molecular complexity index is 482. The highest BCUT2D eigenvalue weighted by atomic mass is 16.4. The molecule has 0 aliphatic carbocycles. The van der Waals surface area contributed by atoms with Gasteiger partial charge < -0.3 is 5.11 Å². The molecular formula is C10H8N2O2. The second kappa shape index (κ2) is 3.33. The molecule has 1 heterocycles. The van der Waals surface area contributed by atoms with Crippen LogP contribution in [0.5, 0.6) is 0 Å². The van der Waals surface area contributed by atoms with Gasteiger partial charge in [0, 0.05) is 17.3 Å². The van der Waals surface area contributed by atoms with Crippen molar-refractivity contribution in [1.82, 2.24) is 4.98 Å². The second-order valence-electron chi connectivity index (χ2n) is 2.84. The van der Waals surface area contributed by atoms with Crippen LogP contribution in [0.25, 0.3) is 10.9 Å². The van der Waals surface area contributed by atoms with Gasteiger partial charge in [-0.1, -0.05) is 12.1 Å². The van der Waals surface area contributed by atoms with Gasteiger partial charge in [0.2, 0.25) is 0 Å². The van der Waals surface area contributed by atoms with Crippen molar-refractivity contribution in [2.75, 3.05) is 5.32 Å². The Hall–Kier alpha value is -2.10. The Kier molecular flexibility index (Phi) is 2.02. The summed E-state index contributed by atoms with van der Waals surface area (Å²) < 4.78 is 0. The fourth-order valence-corrected chi connectivity index (χ4v) is 1.27. The first-order valence-electron chi connectivity index (χ1n) is 4.10. The van der Waals surface area contributed by atoms with Crippen LogP contribution in [0.3, 0.4) is 0 Å². The lowest BCUT2D eigenvalue weighted by Crippen LogP contribution is -2.06. The number of pyridine rings is 1. The van der Waals surface area contributed by atoms with Crippen LogP contribution in [0.2, 0.25) is 0 Å². The Morgan fingerprint density at radius 1 is 1.36 bits per heavy atom. The second-order valence-corrected chi connectivity index (χ2v) is 2.84. The van der Waals surface area contributed by atoms with Crippen LogP contribution in [0.1, 0.15) is 0 Å². The largest absolute Gasteiger partial charge is 0.465 e. The zero-order valence-electron chi connectivity index (χ0n) is 7.27. The maximum absolute atomic E-state index is 10.4. The van der Waals surface area contributed by atoms with E-state index in [9.17, 15) is 4.79 Å². The van der Waals surface area contributed by atoms with E-state index < -0.39 is 6.09 Å². The molecule has 2 rings (SSSR count). The Morgan fingerprint density at radius 3 is 3.00 bits per heavy atom. The van der Waals surface area contributed by atoms with E-state index in [0.29, 0.717) is 5.69 Å². The van der Waals surface area contributed by atoms with Gasteiger partial charge in [-0.15, -0.1) is 0 Å². The molecule has 14 heavy (non-hydrogen) atoms. The summed E-state index contributed by atoms with van der Waals surface area (Å²) in [6.07, 6.45) is 0.604. The van der Waals surface area contributed by atoms with Gasteiger partial charge in [0.25, 0.3) is 0 Å². The van der Waals surface area contributed by atoms with Crippen LogP contribution in [0.15, 0.2) is 36.5 Å². The molecule has 0 radical (unpaired) electrons. The first-order valence-corrected chi connectivity index (χ1v) is 4.10. The van der Waals surface area contributed by atoms with Crippen LogP contribution in [-0.4, -0.2) is 16.2 Å². The van der Waals surface area contributed by atoms with E-state index in [0.717, 1.165) is 10.9 Å². The van der Waals surface area contributed by atoms with E-state index in [1.807, 2.05) is 18.2 Å². The number of anilines is 1. The van der Waals surface area contributed by atoms with E-state index in [-0.39, 0.29) is 0 Å². The van der Waals surface area contributed by atoms with Gasteiger partial charge in [-0.25, -0.2) is 4.79 Å². The summed E-state index contributed by atoms with van der Waals surface area (Å²) in [4.78, 5) is 14.5. The lowest BCUT2D eigenvalue weighted by Gasteiger charge is -2.01. The number of hydrogen-bond acceptors (Lipinski definition) is 2. The van der Waals surface area contributed by atoms with Gasteiger partial charge in [-0.3, -0.25) is 10.3 Å². The molecule has 0 atom stereocenters. The van der Waals surface area contributed by atoms with E-state index >= 15 is 0 Å². The fourth-order valence-electron chi connectivity index (χ4n) is 1.27. The normalized spacial score (nSPS) is 10.0. The minimum Gasteiger partial charge on any atom is -0.465 e. The maximum Gasteiger partial charge on any atom is 0.409 e. The predicted octanol–water partition coefficient (Wildman–Crippen LogP) is 2.32.